The molecule has 2 aliphatic heterocycles. The van der Waals surface area contributed by atoms with Crippen LogP contribution in [0.1, 0.15) is 41.5 Å². The van der Waals surface area contributed by atoms with Crippen molar-refractivity contribution >= 4 is 23.7 Å². The van der Waals surface area contributed by atoms with Crippen molar-refractivity contribution in [2.24, 2.45) is 9.98 Å². The number of carbonyl (C=O) groups is 2. The van der Waals surface area contributed by atoms with Crippen molar-refractivity contribution in [2.75, 3.05) is 39.5 Å². The Balaban J connectivity index is 1.41. The molecule has 4 rings (SSSR count). The molecule has 1 saturated heterocycles. The number of nitrogens with zero attached hydrogens (tertiary/aromatic N) is 3. The molecule has 0 radical (unpaired) electrons. The van der Waals surface area contributed by atoms with Crippen LogP contribution in [0.25, 0.3) is 0 Å². The van der Waals surface area contributed by atoms with Crippen LogP contribution >= 0.6 is 0 Å². The topological polar surface area (TPSA) is 104 Å². The highest BCUT2D eigenvalue weighted by atomic mass is 16.5. The van der Waals surface area contributed by atoms with Gasteiger partial charge in [0.05, 0.1) is 25.5 Å². The maximum Gasteiger partial charge on any atom is 0.320 e. The number of hydrogen-bond donors (Lipinski definition) is 2. The molecule has 1 amide bonds. The van der Waals surface area contributed by atoms with Gasteiger partial charge in [-0.1, -0.05) is 36.1 Å². The van der Waals surface area contributed by atoms with Gasteiger partial charge in [-0.05, 0) is 42.3 Å². The van der Waals surface area contributed by atoms with E-state index in [0.29, 0.717) is 13.0 Å². The molecule has 8 nitrogen and oxygen atoms in total. The van der Waals surface area contributed by atoms with Crippen LogP contribution in [0.4, 0.5) is 0 Å². The van der Waals surface area contributed by atoms with Gasteiger partial charge in [0.25, 0.3) is 5.78 Å². The van der Waals surface area contributed by atoms with E-state index in [-0.39, 0.29) is 24.3 Å². The molecule has 37 heavy (non-hydrogen) atoms. The van der Waals surface area contributed by atoms with Crippen molar-refractivity contribution < 1.29 is 19.4 Å². The third kappa shape index (κ3) is 7.75. The molecule has 2 aliphatic rings. The Hall–Kier alpha value is -3.48. The van der Waals surface area contributed by atoms with Crippen molar-refractivity contribution in [3.05, 3.63) is 70.8 Å². The number of carbonyl (C=O) groups excluding carboxylic acids is 2. The number of rotatable bonds is 9. The number of aliphatic imine (C=N–C) groups is 2. The highest BCUT2D eigenvalue weighted by Crippen LogP contribution is 2.22. The molecule has 2 N–H and O–H groups in total. The molecule has 2 aromatic carbocycles. The third-order valence-electron chi connectivity index (χ3n) is 6.47. The lowest BCUT2D eigenvalue weighted by atomic mass is 9.90. The SMILES string of the molecule is C[C@@H](CO)NCC(CC1=NC=NC(=O)C1=O)c1ccc(C#Cc2ccc(CN3CCOCC3)cc2)cc1. The fourth-order valence-electron chi connectivity index (χ4n) is 4.18. The predicted octanol–water partition coefficient (Wildman–Crippen LogP) is 1.94. The Morgan fingerprint density at radius 3 is 2.32 bits per heavy atom. The van der Waals surface area contributed by atoms with Crippen molar-refractivity contribution in [2.45, 2.75) is 31.8 Å². The van der Waals surface area contributed by atoms with Crippen LogP contribution < -0.4 is 5.32 Å². The Labute approximate surface area is 217 Å². The molecule has 192 valence electrons. The second-order valence-electron chi connectivity index (χ2n) is 9.31. The molecule has 0 aliphatic carbocycles. The minimum atomic E-state index is -0.791. The Morgan fingerprint density at radius 1 is 1.03 bits per heavy atom. The van der Waals surface area contributed by atoms with Crippen molar-refractivity contribution in [1.29, 1.82) is 0 Å². The number of morpholine rings is 1. The lowest BCUT2D eigenvalue weighted by molar-refractivity contribution is -0.132. The van der Waals surface area contributed by atoms with Gasteiger partial charge in [0.1, 0.15) is 6.34 Å². The number of Topliss-reactive ketones (excluding diaryl/α,β-unsaturated/α-hetero) is 1. The van der Waals surface area contributed by atoms with E-state index in [9.17, 15) is 14.7 Å². The van der Waals surface area contributed by atoms with E-state index in [1.807, 2.05) is 43.3 Å². The summed E-state index contributed by atoms with van der Waals surface area (Å²) >= 11 is 0. The number of benzene rings is 2. The molecule has 0 aromatic heterocycles. The van der Waals surface area contributed by atoms with Crippen LogP contribution in [0.3, 0.4) is 0 Å². The first-order valence-electron chi connectivity index (χ1n) is 12.5. The zero-order valence-electron chi connectivity index (χ0n) is 21.0. The number of ketones is 1. The summed E-state index contributed by atoms with van der Waals surface area (Å²) in [5.74, 6) is 4.87. The average Bonchev–Trinajstić information content (AvgIpc) is 2.93. The van der Waals surface area contributed by atoms with E-state index in [2.05, 4.69) is 44.2 Å². The summed E-state index contributed by atoms with van der Waals surface area (Å²) in [5, 5.41) is 12.6. The molecule has 0 spiro atoms. The van der Waals surface area contributed by atoms with E-state index in [0.717, 1.165) is 55.9 Å². The number of aliphatic hydroxyl groups excluding tert-OH is 1. The summed E-state index contributed by atoms with van der Waals surface area (Å²) in [6, 6.07) is 16.1. The van der Waals surface area contributed by atoms with Crippen LogP contribution in [0.15, 0.2) is 58.5 Å². The van der Waals surface area contributed by atoms with E-state index >= 15 is 0 Å². The van der Waals surface area contributed by atoms with Crippen LogP contribution in [-0.2, 0) is 20.9 Å². The standard InChI is InChI=1S/C29H32N4O4/c1-21(19-34)30-17-26(16-27-28(35)29(36)32-20-31-27)25-10-8-23(9-11-25)3-2-22-4-6-24(7-5-22)18-33-12-14-37-15-13-33/h4-11,20-21,26,30,34H,12-19H2,1H3/t21-,26?/m0/s1. The highest BCUT2D eigenvalue weighted by molar-refractivity contribution is 6.66. The minimum Gasteiger partial charge on any atom is -0.395 e. The lowest BCUT2D eigenvalue weighted by Gasteiger charge is -2.26. The van der Waals surface area contributed by atoms with Gasteiger partial charge < -0.3 is 15.2 Å². The maximum atomic E-state index is 12.2. The Bertz CT molecular complexity index is 1200. The Kier molecular flexibility index (Phi) is 9.46. The van der Waals surface area contributed by atoms with E-state index < -0.39 is 11.7 Å². The zero-order chi connectivity index (χ0) is 26.0. The molecule has 2 heterocycles. The van der Waals surface area contributed by atoms with Gasteiger partial charge >= 0.3 is 5.91 Å². The zero-order valence-corrected chi connectivity index (χ0v) is 21.0. The predicted molar refractivity (Wildman–Crippen MR) is 143 cm³/mol. The van der Waals surface area contributed by atoms with Crippen molar-refractivity contribution in [3.8, 4) is 11.8 Å². The molecule has 0 saturated carbocycles. The minimum absolute atomic E-state index is 0.000460. The van der Waals surface area contributed by atoms with Crippen molar-refractivity contribution in [3.63, 3.8) is 0 Å². The number of hydrogen-bond acceptors (Lipinski definition) is 7. The van der Waals surface area contributed by atoms with Crippen molar-refractivity contribution in [1.82, 2.24) is 10.2 Å². The second-order valence-corrected chi connectivity index (χ2v) is 9.31. The second kappa shape index (κ2) is 13.2. The molecular formula is C29H32N4O4. The first kappa shape index (κ1) is 26.6. The summed E-state index contributed by atoms with van der Waals surface area (Å²) < 4.78 is 5.41. The molecule has 1 fully saturated rings. The van der Waals surface area contributed by atoms with Gasteiger partial charge in [0.15, 0.2) is 0 Å². The smallest absolute Gasteiger partial charge is 0.320 e. The quantitative estimate of drug-likeness (QED) is 0.403. The summed E-state index contributed by atoms with van der Waals surface area (Å²) in [4.78, 5) is 33.8. The summed E-state index contributed by atoms with van der Waals surface area (Å²) in [6.45, 7) is 6.83. The summed E-state index contributed by atoms with van der Waals surface area (Å²) in [7, 11) is 0. The van der Waals surface area contributed by atoms with Gasteiger partial charge in [0.2, 0.25) is 0 Å². The summed E-state index contributed by atoms with van der Waals surface area (Å²) in [6.07, 6.45) is 1.43. The molecule has 2 aromatic rings. The molecular weight excluding hydrogens is 468 g/mol. The first-order chi connectivity index (χ1) is 18.0. The molecule has 1 unspecified atom stereocenters. The van der Waals surface area contributed by atoms with Gasteiger partial charge in [0, 0.05) is 55.7 Å². The van der Waals surface area contributed by atoms with E-state index in [1.165, 1.54) is 5.56 Å². The number of ether oxygens (including phenoxy) is 1. The largest absolute Gasteiger partial charge is 0.395 e. The Morgan fingerprint density at radius 2 is 1.68 bits per heavy atom. The van der Waals surface area contributed by atoms with Crippen LogP contribution in [0.5, 0.6) is 0 Å². The third-order valence-corrected chi connectivity index (χ3v) is 6.47. The monoisotopic (exact) mass is 500 g/mol. The van der Waals surface area contributed by atoms with Crippen LogP contribution in [0.2, 0.25) is 0 Å². The molecule has 0 bridgehead atoms. The molecule has 8 heteroatoms. The van der Waals surface area contributed by atoms with Gasteiger partial charge in [-0.3, -0.25) is 14.5 Å². The molecule has 2 atom stereocenters. The van der Waals surface area contributed by atoms with E-state index in [1.54, 1.807) is 0 Å². The number of amides is 1. The first-order valence-corrected chi connectivity index (χ1v) is 12.5. The number of aliphatic hydroxyl groups is 1. The highest BCUT2D eigenvalue weighted by Gasteiger charge is 2.26. The fraction of sp³-hybridized carbons (Fsp3) is 0.379. The van der Waals surface area contributed by atoms with Gasteiger partial charge in [-0.2, -0.15) is 4.99 Å². The van der Waals surface area contributed by atoms with E-state index in [4.69, 9.17) is 4.74 Å². The normalized spacial score (nSPS) is 17.6. The van der Waals surface area contributed by atoms with Gasteiger partial charge in [-0.25, -0.2) is 4.99 Å². The average molecular weight is 501 g/mol. The maximum absolute atomic E-state index is 12.2. The van der Waals surface area contributed by atoms with Crippen LogP contribution in [-0.4, -0.2) is 79.2 Å². The van der Waals surface area contributed by atoms with Crippen LogP contribution in [0, 0.1) is 11.8 Å². The summed E-state index contributed by atoms with van der Waals surface area (Å²) in [5.41, 5.74) is 4.28. The lowest BCUT2D eigenvalue weighted by Crippen LogP contribution is -2.35. The fourth-order valence-corrected chi connectivity index (χ4v) is 4.18. The number of nitrogens with one attached hydrogen (secondary N) is 1. The van der Waals surface area contributed by atoms with Gasteiger partial charge in [-0.15, -0.1) is 0 Å².